The second-order valence-electron chi connectivity index (χ2n) is 12.6. The van der Waals surface area contributed by atoms with Crippen LogP contribution in [0.5, 0.6) is 0 Å². The van der Waals surface area contributed by atoms with Gasteiger partial charge in [-0.15, -0.1) is 11.3 Å². The van der Waals surface area contributed by atoms with Crippen LogP contribution in [-0.2, 0) is 0 Å². The minimum atomic E-state index is 0.701. The molecule has 10 rings (SSSR count). The molecule has 2 nitrogen and oxygen atoms in total. The summed E-state index contributed by atoms with van der Waals surface area (Å²) in [6.45, 7) is 0. The topological polar surface area (TPSA) is 16.4 Å². The van der Waals surface area contributed by atoms with Crippen LogP contribution in [0.15, 0.2) is 174 Å². The zero-order valence-electron chi connectivity index (χ0n) is 26.8. The first kappa shape index (κ1) is 29.1. The fourth-order valence-corrected chi connectivity index (χ4v) is 8.87. The standard InChI is InChI=1S/C46H28ClNOS/c47-40-28-32-14-6-9-22-38(32)45-43(40)39-27-31-13-5-8-21-37(31)44(46(39)49-45)41-24-25-42(50-41)48(33-17-2-1-3-18-33)34-19-10-16-30(26-34)36-23-11-15-29-12-4-7-20-35(29)36/h1-28H. The molecule has 236 valence electrons. The predicted molar refractivity (Wildman–Crippen MR) is 215 cm³/mol. The number of hydrogen-bond donors (Lipinski definition) is 0. The quantitative estimate of drug-likeness (QED) is 0.180. The lowest BCUT2D eigenvalue weighted by molar-refractivity contribution is 0.674. The first-order valence-electron chi connectivity index (χ1n) is 16.7. The van der Waals surface area contributed by atoms with Crippen molar-refractivity contribution >= 4 is 93.6 Å². The number of anilines is 3. The molecule has 50 heavy (non-hydrogen) atoms. The molecule has 0 spiro atoms. The van der Waals surface area contributed by atoms with Gasteiger partial charge in [0, 0.05) is 38.0 Å². The van der Waals surface area contributed by atoms with Crippen molar-refractivity contribution in [3.8, 4) is 21.6 Å². The van der Waals surface area contributed by atoms with Crippen LogP contribution in [0.25, 0.3) is 75.8 Å². The zero-order valence-corrected chi connectivity index (χ0v) is 28.4. The number of rotatable bonds is 5. The third-order valence-corrected chi connectivity index (χ3v) is 11.1. The minimum Gasteiger partial charge on any atom is -0.455 e. The lowest BCUT2D eigenvalue weighted by atomic mass is 9.98. The van der Waals surface area contributed by atoms with Crippen molar-refractivity contribution < 1.29 is 4.42 Å². The highest BCUT2D eigenvalue weighted by Crippen LogP contribution is 2.49. The van der Waals surface area contributed by atoms with Crippen molar-refractivity contribution in [1.82, 2.24) is 0 Å². The maximum absolute atomic E-state index is 7.01. The third-order valence-electron chi connectivity index (χ3n) is 9.71. The maximum atomic E-state index is 7.01. The summed E-state index contributed by atoms with van der Waals surface area (Å²) in [5.74, 6) is 0. The maximum Gasteiger partial charge on any atom is 0.144 e. The molecule has 0 aliphatic heterocycles. The molecule has 0 unspecified atom stereocenters. The Morgan fingerprint density at radius 2 is 1.14 bits per heavy atom. The lowest BCUT2D eigenvalue weighted by Crippen LogP contribution is -2.08. The Hall–Kier alpha value is -5.87. The summed E-state index contributed by atoms with van der Waals surface area (Å²) in [5, 5.41) is 10.7. The molecule has 0 atom stereocenters. The highest BCUT2D eigenvalue weighted by molar-refractivity contribution is 7.19. The Bertz CT molecular complexity index is 2900. The molecule has 0 aliphatic rings. The summed E-state index contributed by atoms with van der Waals surface area (Å²) in [7, 11) is 0. The van der Waals surface area contributed by atoms with Crippen molar-refractivity contribution in [2.75, 3.05) is 4.90 Å². The van der Waals surface area contributed by atoms with Crippen LogP contribution in [-0.4, -0.2) is 0 Å². The Labute approximate surface area is 298 Å². The smallest absolute Gasteiger partial charge is 0.144 e. The van der Waals surface area contributed by atoms with E-state index in [1.54, 1.807) is 11.3 Å². The molecule has 4 heteroatoms. The molecule has 0 amide bonds. The molecule has 0 aliphatic carbocycles. The fourth-order valence-electron chi connectivity index (χ4n) is 7.46. The highest BCUT2D eigenvalue weighted by Gasteiger charge is 2.23. The van der Waals surface area contributed by atoms with Gasteiger partial charge in [-0.1, -0.05) is 133 Å². The first-order valence-corrected chi connectivity index (χ1v) is 17.9. The van der Waals surface area contributed by atoms with Gasteiger partial charge in [-0.3, -0.25) is 0 Å². The number of fused-ring (bicyclic) bond motifs is 7. The molecule has 0 bridgehead atoms. The summed E-state index contributed by atoms with van der Waals surface area (Å²) in [6.07, 6.45) is 0. The van der Waals surface area contributed by atoms with Crippen molar-refractivity contribution in [2.24, 2.45) is 0 Å². The van der Waals surface area contributed by atoms with Gasteiger partial charge in [0.1, 0.15) is 16.2 Å². The number of nitrogens with zero attached hydrogens (tertiary/aromatic N) is 1. The molecular formula is C46H28ClNOS. The Morgan fingerprint density at radius 1 is 0.480 bits per heavy atom. The monoisotopic (exact) mass is 677 g/mol. The Kier molecular flexibility index (Phi) is 6.76. The van der Waals surface area contributed by atoms with Crippen LogP contribution in [0.4, 0.5) is 16.4 Å². The van der Waals surface area contributed by atoms with Gasteiger partial charge in [0.2, 0.25) is 0 Å². The second-order valence-corrected chi connectivity index (χ2v) is 14.1. The van der Waals surface area contributed by atoms with E-state index in [1.807, 2.05) is 6.07 Å². The van der Waals surface area contributed by atoms with Crippen LogP contribution >= 0.6 is 22.9 Å². The average molecular weight is 678 g/mol. The van der Waals surface area contributed by atoms with Gasteiger partial charge in [-0.2, -0.15) is 0 Å². The largest absolute Gasteiger partial charge is 0.455 e. The van der Waals surface area contributed by atoms with Gasteiger partial charge in [0.05, 0.1) is 5.02 Å². The van der Waals surface area contributed by atoms with E-state index in [-0.39, 0.29) is 0 Å². The first-order chi connectivity index (χ1) is 24.7. The number of thiophene rings is 1. The molecule has 0 saturated heterocycles. The zero-order chi connectivity index (χ0) is 33.2. The van der Waals surface area contributed by atoms with E-state index in [9.17, 15) is 0 Å². The summed E-state index contributed by atoms with van der Waals surface area (Å²) < 4.78 is 6.89. The molecule has 0 radical (unpaired) electrons. The van der Waals surface area contributed by atoms with E-state index in [4.69, 9.17) is 16.0 Å². The van der Waals surface area contributed by atoms with Gasteiger partial charge in [0.25, 0.3) is 0 Å². The third kappa shape index (κ3) is 4.63. The number of para-hydroxylation sites is 1. The van der Waals surface area contributed by atoms with E-state index < -0.39 is 0 Å². The van der Waals surface area contributed by atoms with Gasteiger partial charge in [-0.05, 0) is 86.6 Å². The summed E-state index contributed by atoms with van der Waals surface area (Å²) >= 11 is 8.78. The molecule has 8 aromatic carbocycles. The van der Waals surface area contributed by atoms with Gasteiger partial charge < -0.3 is 9.32 Å². The SMILES string of the molecule is Clc1cc2ccccc2c2oc3c(-c4ccc(N(c5ccccc5)c5cccc(-c6cccc7ccccc67)c5)s4)c4ccccc4cc3c12. The molecule has 0 fully saturated rings. The molecule has 2 heterocycles. The van der Waals surface area contributed by atoms with Crippen molar-refractivity contribution in [3.63, 3.8) is 0 Å². The highest BCUT2D eigenvalue weighted by atomic mass is 35.5. The Balaban J connectivity index is 1.18. The summed E-state index contributed by atoms with van der Waals surface area (Å²) in [6, 6.07) is 60.2. The minimum absolute atomic E-state index is 0.701. The van der Waals surface area contributed by atoms with Crippen LogP contribution in [0, 0.1) is 0 Å². The van der Waals surface area contributed by atoms with Crippen molar-refractivity contribution in [3.05, 3.63) is 175 Å². The van der Waals surface area contributed by atoms with Crippen LogP contribution in [0.2, 0.25) is 5.02 Å². The predicted octanol–water partition coefficient (Wildman–Crippen LogP) is 14.6. The number of hydrogen-bond acceptors (Lipinski definition) is 3. The van der Waals surface area contributed by atoms with Gasteiger partial charge >= 0.3 is 0 Å². The number of halogens is 1. The molecule has 0 N–H and O–H groups in total. The van der Waals surface area contributed by atoms with Gasteiger partial charge in [-0.25, -0.2) is 0 Å². The molecule has 2 aromatic heterocycles. The van der Waals surface area contributed by atoms with Crippen LogP contribution in [0.3, 0.4) is 0 Å². The molecule has 10 aromatic rings. The average Bonchev–Trinajstić information content (AvgIpc) is 3.80. The summed E-state index contributed by atoms with van der Waals surface area (Å²) in [5.41, 5.74) is 7.37. The number of furan rings is 1. The van der Waals surface area contributed by atoms with E-state index >= 15 is 0 Å². The normalized spacial score (nSPS) is 11.7. The number of benzene rings is 8. The van der Waals surface area contributed by atoms with Crippen molar-refractivity contribution in [2.45, 2.75) is 0 Å². The van der Waals surface area contributed by atoms with E-state index in [0.29, 0.717) is 5.02 Å². The van der Waals surface area contributed by atoms with Gasteiger partial charge in [0.15, 0.2) is 0 Å². The lowest BCUT2D eigenvalue weighted by Gasteiger charge is -2.24. The summed E-state index contributed by atoms with van der Waals surface area (Å²) in [4.78, 5) is 3.49. The van der Waals surface area contributed by atoms with Crippen molar-refractivity contribution in [1.29, 1.82) is 0 Å². The van der Waals surface area contributed by atoms with Crippen LogP contribution in [0.1, 0.15) is 0 Å². The van der Waals surface area contributed by atoms with E-state index in [0.717, 1.165) is 70.3 Å². The second kappa shape index (κ2) is 11.6. The molecule has 0 saturated carbocycles. The van der Waals surface area contributed by atoms with E-state index in [1.165, 1.54) is 21.9 Å². The van der Waals surface area contributed by atoms with Crippen LogP contribution < -0.4 is 4.90 Å². The Morgan fingerprint density at radius 3 is 1.98 bits per heavy atom. The fraction of sp³-hybridized carbons (Fsp3) is 0. The van der Waals surface area contributed by atoms with E-state index in [2.05, 4.69) is 169 Å². The molecular weight excluding hydrogens is 650 g/mol.